The highest BCUT2D eigenvalue weighted by molar-refractivity contribution is 7.10. The third-order valence-electron chi connectivity index (χ3n) is 3.27. The molecule has 1 aromatic heterocycles. The van der Waals surface area contributed by atoms with Gasteiger partial charge in [0.15, 0.2) is 0 Å². The van der Waals surface area contributed by atoms with Gasteiger partial charge in [-0.15, -0.1) is 5.10 Å². The van der Waals surface area contributed by atoms with Crippen molar-refractivity contribution in [2.45, 2.75) is 26.3 Å². The fourth-order valence-electron chi connectivity index (χ4n) is 2.22. The summed E-state index contributed by atoms with van der Waals surface area (Å²) in [5.74, 6) is 5.37. The zero-order valence-electron chi connectivity index (χ0n) is 11.0. The number of hydrogen-bond acceptors (Lipinski definition) is 8. The molecule has 0 bridgehead atoms. The molecule has 3 N–H and O–H groups in total. The first-order chi connectivity index (χ1) is 9.24. The van der Waals surface area contributed by atoms with E-state index in [4.69, 9.17) is 10.6 Å². The van der Waals surface area contributed by atoms with Crippen molar-refractivity contribution in [3.05, 3.63) is 5.69 Å². The van der Waals surface area contributed by atoms with Gasteiger partial charge in [-0.1, -0.05) is 4.49 Å². The van der Waals surface area contributed by atoms with E-state index in [0.29, 0.717) is 13.2 Å². The smallest absolute Gasteiger partial charge is 0.309 e. The molecule has 0 aliphatic carbocycles. The summed E-state index contributed by atoms with van der Waals surface area (Å²) in [5.41, 5.74) is 3.46. The zero-order chi connectivity index (χ0) is 13.7. The predicted molar refractivity (Wildman–Crippen MR) is 72.4 cm³/mol. The average Bonchev–Trinajstić information content (AvgIpc) is 2.87. The molecule has 8 heteroatoms. The largest absolute Gasteiger partial charge is 0.466 e. The second-order valence-electron chi connectivity index (χ2n) is 4.50. The highest BCUT2D eigenvalue weighted by atomic mass is 32.1. The monoisotopic (exact) mass is 285 g/mol. The van der Waals surface area contributed by atoms with Gasteiger partial charge < -0.3 is 10.2 Å². The van der Waals surface area contributed by atoms with Crippen LogP contribution in [0.5, 0.6) is 0 Å². The first-order valence-corrected chi connectivity index (χ1v) is 7.18. The van der Waals surface area contributed by atoms with Gasteiger partial charge in [0.25, 0.3) is 0 Å². The van der Waals surface area contributed by atoms with Gasteiger partial charge in [-0.3, -0.25) is 9.69 Å². The molecule has 2 heterocycles. The molecule has 0 spiro atoms. The number of esters is 1. The fraction of sp³-hybridized carbons (Fsp3) is 0.727. The number of hydrogen-bond donors (Lipinski definition) is 2. The van der Waals surface area contributed by atoms with Gasteiger partial charge in [0, 0.05) is 18.1 Å². The van der Waals surface area contributed by atoms with Crippen molar-refractivity contribution in [1.29, 1.82) is 0 Å². The minimum absolute atomic E-state index is 0.0388. The van der Waals surface area contributed by atoms with Crippen molar-refractivity contribution in [2.75, 3.05) is 25.1 Å². The van der Waals surface area contributed by atoms with Crippen LogP contribution in [0.2, 0.25) is 0 Å². The lowest BCUT2D eigenvalue weighted by Crippen LogP contribution is -2.36. The molecule has 1 fully saturated rings. The van der Waals surface area contributed by atoms with Crippen molar-refractivity contribution >= 4 is 22.5 Å². The topological polar surface area (TPSA) is 93.4 Å². The van der Waals surface area contributed by atoms with Gasteiger partial charge in [0.1, 0.15) is 10.7 Å². The Labute approximate surface area is 116 Å². The number of likely N-dealkylation sites (tertiary alicyclic amines) is 1. The van der Waals surface area contributed by atoms with Crippen molar-refractivity contribution < 1.29 is 9.53 Å². The van der Waals surface area contributed by atoms with Gasteiger partial charge in [-0.05, 0) is 32.9 Å². The summed E-state index contributed by atoms with van der Waals surface area (Å²) >= 11 is 1.25. The molecule has 19 heavy (non-hydrogen) atoms. The molecule has 2 rings (SSSR count). The zero-order valence-corrected chi connectivity index (χ0v) is 11.8. The molecular weight excluding hydrogens is 266 g/mol. The minimum atomic E-state index is -0.0678. The maximum Gasteiger partial charge on any atom is 0.309 e. The van der Waals surface area contributed by atoms with Crippen LogP contribution in [0, 0.1) is 5.92 Å². The number of anilines is 1. The van der Waals surface area contributed by atoms with Crippen LogP contribution in [0.3, 0.4) is 0 Å². The predicted octanol–water partition coefficient (Wildman–Crippen LogP) is 0.599. The summed E-state index contributed by atoms with van der Waals surface area (Å²) < 4.78 is 8.93. The summed E-state index contributed by atoms with van der Waals surface area (Å²) in [4.78, 5) is 13.9. The maximum atomic E-state index is 11.6. The SMILES string of the molecule is CCOC(=O)C1CCN(Cc2nnsc2NN)CC1. The normalized spacial score (nSPS) is 17.4. The number of nitrogen functional groups attached to an aromatic ring is 1. The summed E-state index contributed by atoms with van der Waals surface area (Å²) in [5, 5.41) is 4.86. The lowest BCUT2D eigenvalue weighted by molar-refractivity contribution is -0.149. The van der Waals surface area contributed by atoms with Crippen LogP contribution < -0.4 is 11.3 Å². The number of hydrazine groups is 1. The molecule has 1 aromatic rings. The first-order valence-electron chi connectivity index (χ1n) is 6.41. The van der Waals surface area contributed by atoms with E-state index in [9.17, 15) is 4.79 Å². The number of carbonyl (C=O) groups is 1. The Bertz CT molecular complexity index is 417. The standard InChI is InChI=1S/C11H19N5O2S/c1-2-18-11(17)8-3-5-16(6-4-8)7-9-10(13-12)19-15-14-9/h8,13H,2-7,12H2,1H3. The molecule has 0 aromatic carbocycles. The van der Waals surface area contributed by atoms with Gasteiger partial charge in [0.05, 0.1) is 12.5 Å². The van der Waals surface area contributed by atoms with Crippen LogP contribution in [0.4, 0.5) is 5.00 Å². The van der Waals surface area contributed by atoms with Gasteiger partial charge in [-0.25, -0.2) is 5.84 Å². The van der Waals surface area contributed by atoms with E-state index in [0.717, 1.165) is 36.6 Å². The van der Waals surface area contributed by atoms with Crippen LogP contribution in [-0.4, -0.2) is 40.2 Å². The van der Waals surface area contributed by atoms with Crippen LogP contribution in [-0.2, 0) is 16.1 Å². The van der Waals surface area contributed by atoms with Crippen molar-refractivity contribution in [3.8, 4) is 0 Å². The van der Waals surface area contributed by atoms with E-state index in [2.05, 4.69) is 19.9 Å². The van der Waals surface area contributed by atoms with Gasteiger partial charge >= 0.3 is 5.97 Å². The molecule has 7 nitrogen and oxygen atoms in total. The van der Waals surface area contributed by atoms with E-state index < -0.39 is 0 Å². The minimum Gasteiger partial charge on any atom is -0.466 e. The van der Waals surface area contributed by atoms with Gasteiger partial charge in [0.2, 0.25) is 0 Å². The molecule has 1 saturated heterocycles. The third kappa shape index (κ3) is 3.62. The number of nitrogens with one attached hydrogen (secondary N) is 1. The highest BCUT2D eigenvalue weighted by Crippen LogP contribution is 2.23. The Hall–Kier alpha value is -1.25. The number of ether oxygens (including phenoxy) is 1. The lowest BCUT2D eigenvalue weighted by Gasteiger charge is -2.30. The molecule has 0 amide bonds. The summed E-state index contributed by atoms with van der Waals surface area (Å²) in [6.07, 6.45) is 1.67. The molecule has 0 unspecified atom stereocenters. The van der Waals surface area contributed by atoms with E-state index in [1.165, 1.54) is 11.5 Å². The number of piperidine rings is 1. The summed E-state index contributed by atoms with van der Waals surface area (Å²) in [6, 6.07) is 0. The van der Waals surface area contributed by atoms with E-state index in [1.54, 1.807) is 0 Å². The van der Waals surface area contributed by atoms with Gasteiger partial charge in [-0.2, -0.15) is 0 Å². The molecule has 0 radical (unpaired) electrons. The number of aromatic nitrogens is 2. The van der Waals surface area contributed by atoms with Crippen LogP contribution in [0.25, 0.3) is 0 Å². The Balaban J connectivity index is 1.82. The molecular formula is C11H19N5O2S. The third-order valence-corrected chi connectivity index (χ3v) is 3.97. The average molecular weight is 285 g/mol. The Morgan fingerprint density at radius 2 is 2.32 bits per heavy atom. The number of nitrogens with zero attached hydrogens (tertiary/aromatic N) is 3. The highest BCUT2D eigenvalue weighted by Gasteiger charge is 2.26. The fourth-order valence-corrected chi connectivity index (χ4v) is 2.70. The number of nitrogens with two attached hydrogens (primary N) is 1. The van der Waals surface area contributed by atoms with E-state index in [-0.39, 0.29) is 11.9 Å². The number of carbonyl (C=O) groups excluding carboxylic acids is 1. The van der Waals surface area contributed by atoms with Crippen LogP contribution in [0.15, 0.2) is 0 Å². The Kier molecular flexibility index (Phi) is 5.06. The van der Waals surface area contributed by atoms with Crippen molar-refractivity contribution in [1.82, 2.24) is 14.5 Å². The van der Waals surface area contributed by atoms with Crippen LogP contribution in [0.1, 0.15) is 25.5 Å². The molecule has 0 atom stereocenters. The Morgan fingerprint density at radius 3 is 2.95 bits per heavy atom. The summed E-state index contributed by atoms with van der Waals surface area (Å²) in [6.45, 7) is 4.74. The molecule has 0 saturated carbocycles. The molecule has 106 valence electrons. The Morgan fingerprint density at radius 1 is 1.58 bits per heavy atom. The number of rotatable bonds is 5. The second-order valence-corrected chi connectivity index (χ2v) is 5.25. The van der Waals surface area contributed by atoms with Crippen molar-refractivity contribution in [3.63, 3.8) is 0 Å². The molecule has 1 aliphatic rings. The quantitative estimate of drug-likeness (QED) is 0.465. The van der Waals surface area contributed by atoms with E-state index >= 15 is 0 Å². The maximum absolute atomic E-state index is 11.6. The first kappa shape index (κ1) is 14.2. The van der Waals surface area contributed by atoms with Crippen molar-refractivity contribution in [2.24, 2.45) is 11.8 Å². The van der Waals surface area contributed by atoms with Crippen LogP contribution >= 0.6 is 11.5 Å². The van der Waals surface area contributed by atoms with E-state index in [1.807, 2.05) is 6.92 Å². The second kappa shape index (κ2) is 6.78. The summed E-state index contributed by atoms with van der Waals surface area (Å²) in [7, 11) is 0. The molecule has 1 aliphatic heterocycles. The lowest BCUT2D eigenvalue weighted by atomic mass is 9.97.